The summed E-state index contributed by atoms with van der Waals surface area (Å²) in [5.41, 5.74) is 0.559. The lowest BCUT2D eigenvalue weighted by Gasteiger charge is -2.20. The lowest BCUT2D eigenvalue weighted by atomic mass is 9.96. The number of hydrogen-bond donors (Lipinski definition) is 0. The summed E-state index contributed by atoms with van der Waals surface area (Å²) in [6, 6.07) is 8.26. The largest absolute Gasteiger partial charge is 0.392 e. The molecule has 19 heavy (non-hydrogen) atoms. The molecule has 7 heteroatoms. The summed E-state index contributed by atoms with van der Waals surface area (Å²) in [6.07, 6.45) is -4.13. The van der Waals surface area contributed by atoms with Crippen molar-refractivity contribution in [3.8, 4) is 0 Å². The lowest BCUT2D eigenvalue weighted by molar-refractivity contribution is -0.177. The molecular formula is C12H15F3O3S. The van der Waals surface area contributed by atoms with Crippen LogP contribution in [0.3, 0.4) is 0 Å². The summed E-state index contributed by atoms with van der Waals surface area (Å²) in [7, 11) is -3.71. The van der Waals surface area contributed by atoms with Crippen molar-refractivity contribution < 1.29 is 25.8 Å². The van der Waals surface area contributed by atoms with Crippen LogP contribution in [0.2, 0.25) is 0 Å². The first-order valence-electron chi connectivity index (χ1n) is 5.63. The number of benzene rings is 1. The van der Waals surface area contributed by atoms with Gasteiger partial charge in [-0.3, -0.25) is 4.18 Å². The third-order valence-corrected chi connectivity index (χ3v) is 3.15. The first kappa shape index (κ1) is 16.0. The van der Waals surface area contributed by atoms with Crippen LogP contribution in [0.25, 0.3) is 0 Å². The first-order valence-corrected chi connectivity index (χ1v) is 7.45. The van der Waals surface area contributed by atoms with Gasteiger partial charge < -0.3 is 0 Å². The Morgan fingerprint density at radius 3 is 2.26 bits per heavy atom. The molecule has 0 amide bonds. The van der Waals surface area contributed by atoms with Crippen LogP contribution in [0.4, 0.5) is 13.2 Å². The molecule has 0 aliphatic heterocycles. The van der Waals surface area contributed by atoms with E-state index in [0.717, 1.165) is 6.26 Å². The average Bonchev–Trinajstić information content (AvgIpc) is 2.26. The van der Waals surface area contributed by atoms with Crippen LogP contribution < -0.4 is 0 Å². The second kappa shape index (κ2) is 6.38. The first-order chi connectivity index (χ1) is 8.68. The Kier molecular flexibility index (Phi) is 5.37. The van der Waals surface area contributed by atoms with Crippen molar-refractivity contribution >= 4 is 10.1 Å². The Balaban J connectivity index is 2.63. The topological polar surface area (TPSA) is 43.4 Å². The summed E-state index contributed by atoms with van der Waals surface area (Å²) in [5.74, 6) is -1.61. The van der Waals surface area contributed by atoms with E-state index in [2.05, 4.69) is 4.18 Å². The van der Waals surface area contributed by atoms with Gasteiger partial charge in [-0.25, -0.2) is 0 Å². The molecule has 1 rings (SSSR count). The fraction of sp³-hybridized carbons (Fsp3) is 0.500. The van der Waals surface area contributed by atoms with E-state index in [9.17, 15) is 21.6 Å². The highest BCUT2D eigenvalue weighted by Crippen LogP contribution is 2.31. The van der Waals surface area contributed by atoms with Gasteiger partial charge in [0.2, 0.25) is 0 Å². The highest BCUT2D eigenvalue weighted by Gasteiger charge is 2.39. The van der Waals surface area contributed by atoms with E-state index in [1.165, 1.54) is 0 Å². The van der Waals surface area contributed by atoms with Gasteiger partial charge in [0, 0.05) is 0 Å². The normalized spacial score (nSPS) is 14.3. The molecule has 0 bridgehead atoms. The second-order valence-electron chi connectivity index (χ2n) is 4.24. The molecule has 0 aliphatic carbocycles. The molecule has 0 fully saturated rings. The Morgan fingerprint density at radius 1 is 1.21 bits per heavy atom. The average molecular weight is 296 g/mol. The molecule has 0 N–H and O–H groups in total. The molecule has 1 atom stereocenters. The maximum absolute atomic E-state index is 12.8. The Hall–Kier alpha value is -1.08. The van der Waals surface area contributed by atoms with Gasteiger partial charge >= 0.3 is 6.18 Å². The quantitative estimate of drug-likeness (QED) is 0.758. The molecule has 0 aromatic heterocycles. The predicted molar refractivity (Wildman–Crippen MR) is 65.1 cm³/mol. The van der Waals surface area contributed by atoms with Crippen molar-refractivity contribution in [1.29, 1.82) is 0 Å². The third-order valence-electron chi connectivity index (χ3n) is 2.55. The summed E-state index contributed by atoms with van der Waals surface area (Å²) >= 11 is 0. The van der Waals surface area contributed by atoms with Crippen molar-refractivity contribution in [2.45, 2.75) is 19.0 Å². The van der Waals surface area contributed by atoms with Crippen LogP contribution >= 0.6 is 0 Å². The molecule has 0 saturated heterocycles. The highest BCUT2D eigenvalue weighted by molar-refractivity contribution is 7.85. The van der Waals surface area contributed by atoms with Gasteiger partial charge in [0.05, 0.1) is 18.8 Å². The van der Waals surface area contributed by atoms with Crippen molar-refractivity contribution in [2.75, 3.05) is 12.9 Å². The smallest absolute Gasteiger partial charge is 0.270 e. The van der Waals surface area contributed by atoms with E-state index in [0.29, 0.717) is 5.56 Å². The monoisotopic (exact) mass is 296 g/mol. The van der Waals surface area contributed by atoms with Gasteiger partial charge in [0.15, 0.2) is 0 Å². The Bertz CT molecular complexity index is 483. The van der Waals surface area contributed by atoms with E-state index in [1.807, 2.05) is 0 Å². The number of alkyl halides is 3. The molecule has 0 spiro atoms. The SMILES string of the molecule is CS(=O)(=O)OCCC(Cc1ccccc1)C(F)(F)F. The van der Waals surface area contributed by atoms with Crippen molar-refractivity contribution in [3.63, 3.8) is 0 Å². The molecule has 0 radical (unpaired) electrons. The fourth-order valence-electron chi connectivity index (χ4n) is 1.62. The summed E-state index contributed by atoms with van der Waals surface area (Å²) in [4.78, 5) is 0. The van der Waals surface area contributed by atoms with E-state index in [-0.39, 0.29) is 12.8 Å². The van der Waals surface area contributed by atoms with Gasteiger partial charge in [-0.2, -0.15) is 21.6 Å². The van der Waals surface area contributed by atoms with Crippen molar-refractivity contribution in [2.24, 2.45) is 5.92 Å². The Morgan fingerprint density at radius 2 is 1.79 bits per heavy atom. The summed E-state index contributed by atoms with van der Waals surface area (Å²) in [6.45, 7) is -0.462. The summed E-state index contributed by atoms with van der Waals surface area (Å²) < 4.78 is 64.3. The molecule has 1 unspecified atom stereocenters. The number of hydrogen-bond acceptors (Lipinski definition) is 3. The molecule has 108 valence electrons. The minimum Gasteiger partial charge on any atom is -0.270 e. The van der Waals surface area contributed by atoms with Crippen LogP contribution in [0.5, 0.6) is 0 Å². The van der Waals surface area contributed by atoms with E-state index in [4.69, 9.17) is 0 Å². The molecule has 0 aliphatic rings. The van der Waals surface area contributed by atoms with Gasteiger partial charge in [-0.05, 0) is 18.4 Å². The minimum atomic E-state index is -4.38. The van der Waals surface area contributed by atoms with Crippen molar-refractivity contribution in [1.82, 2.24) is 0 Å². The van der Waals surface area contributed by atoms with E-state index in [1.54, 1.807) is 30.3 Å². The Labute approximate surface area is 110 Å². The lowest BCUT2D eigenvalue weighted by Crippen LogP contribution is -2.26. The van der Waals surface area contributed by atoms with E-state index < -0.39 is 28.8 Å². The molecule has 3 nitrogen and oxygen atoms in total. The van der Waals surface area contributed by atoms with Crippen LogP contribution in [0.15, 0.2) is 30.3 Å². The predicted octanol–water partition coefficient (Wildman–Crippen LogP) is 2.77. The van der Waals surface area contributed by atoms with Crippen LogP contribution in [-0.4, -0.2) is 27.5 Å². The van der Waals surface area contributed by atoms with Crippen molar-refractivity contribution in [3.05, 3.63) is 35.9 Å². The zero-order chi connectivity index (χ0) is 14.5. The molecule has 0 saturated carbocycles. The number of halogens is 3. The molecular weight excluding hydrogens is 281 g/mol. The maximum Gasteiger partial charge on any atom is 0.392 e. The van der Waals surface area contributed by atoms with Crippen LogP contribution in [0.1, 0.15) is 12.0 Å². The van der Waals surface area contributed by atoms with Gasteiger partial charge in [-0.15, -0.1) is 0 Å². The molecule has 1 aromatic carbocycles. The summed E-state index contributed by atoms with van der Waals surface area (Å²) in [5, 5.41) is 0. The van der Waals surface area contributed by atoms with Crippen LogP contribution in [-0.2, 0) is 20.7 Å². The molecule has 1 aromatic rings. The standard InChI is InChI=1S/C12H15F3O3S/c1-19(16,17)18-8-7-11(12(13,14)15)9-10-5-3-2-4-6-10/h2-6,11H,7-9H2,1H3. The zero-order valence-electron chi connectivity index (χ0n) is 10.4. The fourth-order valence-corrected chi connectivity index (χ4v) is 2.02. The number of rotatable bonds is 6. The second-order valence-corrected chi connectivity index (χ2v) is 5.89. The minimum absolute atomic E-state index is 0.183. The molecule has 0 heterocycles. The van der Waals surface area contributed by atoms with Crippen LogP contribution in [0, 0.1) is 5.92 Å². The van der Waals surface area contributed by atoms with E-state index >= 15 is 0 Å². The van der Waals surface area contributed by atoms with Gasteiger partial charge in [0.1, 0.15) is 0 Å². The van der Waals surface area contributed by atoms with Gasteiger partial charge in [0.25, 0.3) is 10.1 Å². The maximum atomic E-state index is 12.8. The van der Waals surface area contributed by atoms with Gasteiger partial charge in [-0.1, -0.05) is 30.3 Å². The zero-order valence-corrected chi connectivity index (χ0v) is 11.2. The highest BCUT2D eigenvalue weighted by atomic mass is 32.2. The third kappa shape index (κ3) is 6.58.